The number of carbonyl (C=O) groups is 1. The first-order valence-electron chi connectivity index (χ1n) is 7.06. The quantitative estimate of drug-likeness (QED) is 0.621. The number of thiophene rings is 1. The normalized spacial score (nSPS) is 15.8. The summed E-state index contributed by atoms with van der Waals surface area (Å²) in [7, 11) is 0. The highest BCUT2D eigenvalue weighted by Gasteiger charge is 2.26. The number of rotatable bonds is 5. The lowest BCUT2D eigenvalue weighted by Crippen LogP contribution is -2.06. The fourth-order valence-electron chi connectivity index (χ4n) is 2.06. The first-order chi connectivity index (χ1) is 10.8. The van der Waals surface area contributed by atoms with Crippen LogP contribution in [0, 0.1) is 0 Å². The van der Waals surface area contributed by atoms with E-state index in [-0.39, 0.29) is 0 Å². The molecule has 0 radical (unpaired) electrons. The SMILES string of the molecule is CCCOc1ccc(C2=NOC(=O)C2=Cc2cccs2)cc1. The summed E-state index contributed by atoms with van der Waals surface area (Å²) in [6.45, 7) is 2.75. The lowest BCUT2D eigenvalue weighted by molar-refractivity contribution is -0.136. The standard InChI is InChI=1S/C17H15NO3S/c1-2-9-20-13-7-5-12(6-8-13)16-15(17(19)21-18-16)11-14-4-3-10-22-14/h3-8,10-11H,2,9H2,1H3. The molecule has 0 saturated carbocycles. The molecule has 0 saturated heterocycles. The smallest absolute Gasteiger partial charge is 0.368 e. The summed E-state index contributed by atoms with van der Waals surface area (Å²) in [5.74, 6) is 0.384. The molecule has 0 bridgehead atoms. The van der Waals surface area contributed by atoms with Crippen LogP contribution < -0.4 is 4.74 Å². The van der Waals surface area contributed by atoms with Crippen molar-refractivity contribution in [1.29, 1.82) is 0 Å². The molecule has 0 amide bonds. The molecule has 5 heteroatoms. The monoisotopic (exact) mass is 313 g/mol. The van der Waals surface area contributed by atoms with E-state index in [0.717, 1.165) is 22.6 Å². The molecular formula is C17H15NO3S. The predicted octanol–water partition coefficient (Wildman–Crippen LogP) is 3.88. The predicted molar refractivity (Wildman–Crippen MR) is 87.2 cm³/mol. The Labute approximate surface area is 132 Å². The lowest BCUT2D eigenvalue weighted by Gasteiger charge is -2.05. The number of ether oxygens (including phenoxy) is 1. The van der Waals surface area contributed by atoms with Gasteiger partial charge in [-0.15, -0.1) is 11.3 Å². The van der Waals surface area contributed by atoms with E-state index in [0.29, 0.717) is 17.9 Å². The highest BCUT2D eigenvalue weighted by atomic mass is 32.1. The van der Waals surface area contributed by atoms with Gasteiger partial charge in [0, 0.05) is 10.4 Å². The molecule has 4 nitrogen and oxygen atoms in total. The molecule has 0 atom stereocenters. The Balaban J connectivity index is 1.85. The number of benzene rings is 1. The number of hydrogen-bond donors (Lipinski definition) is 0. The Morgan fingerprint density at radius 2 is 2.09 bits per heavy atom. The van der Waals surface area contributed by atoms with Crippen molar-refractivity contribution < 1.29 is 14.4 Å². The van der Waals surface area contributed by atoms with Crippen LogP contribution in [0.1, 0.15) is 23.8 Å². The maximum Gasteiger partial charge on any atom is 0.368 e. The second-order valence-corrected chi connectivity index (χ2v) is 5.74. The molecule has 0 aliphatic carbocycles. The first kappa shape index (κ1) is 14.5. The molecule has 1 aliphatic rings. The van der Waals surface area contributed by atoms with Crippen molar-refractivity contribution in [2.75, 3.05) is 6.61 Å². The van der Waals surface area contributed by atoms with Gasteiger partial charge in [0.25, 0.3) is 0 Å². The Kier molecular flexibility index (Phi) is 4.34. The van der Waals surface area contributed by atoms with Crippen molar-refractivity contribution in [3.8, 4) is 5.75 Å². The number of hydrogen-bond acceptors (Lipinski definition) is 5. The van der Waals surface area contributed by atoms with Gasteiger partial charge in [-0.1, -0.05) is 18.1 Å². The van der Waals surface area contributed by atoms with Crippen molar-refractivity contribution in [3.63, 3.8) is 0 Å². The molecule has 112 valence electrons. The third kappa shape index (κ3) is 3.09. The van der Waals surface area contributed by atoms with Crippen LogP contribution >= 0.6 is 11.3 Å². The van der Waals surface area contributed by atoms with Crippen molar-refractivity contribution in [3.05, 3.63) is 57.8 Å². The highest BCUT2D eigenvalue weighted by molar-refractivity contribution is 7.10. The minimum Gasteiger partial charge on any atom is -0.494 e. The summed E-state index contributed by atoms with van der Waals surface area (Å²) in [5, 5.41) is 5.87. The van der Waals surface area contributed by atoms with Crippen LogP contribution in [0.5, 0.6) is 5.75 Å². The zero-order valence-electron chi connectivity index (χ0n) is 12.1. The van der Waals surface area contributed by atoms with E-state index in [4.69, 9.17) is 9.57 Å². The summed E-state index contributed by atoms with van der Waals surface area (Å²) in [6, 6.07) is 11.4. The summed E-state index contributed by atoms with van der Waals surface area (Å²) < 4.78 is 5.55. The van der Waals surface area contributed by atoms with Gasteiger partial charge in [0.15, 0.2) is 0 Å². The van der Waals surface area contributed by atoms with Crippen LogP contribution in [-0.4, -0.2) is 18.3 Å². The molecule has 2 aromatic rings. The molecule has 0 fully saturated rings. The first-order valence-corrected chi connectivity index (χ1v) is 7.94. The van der Waals surface area contributed by atoms with E-state index in [1.807, 2.05) is 41.8 Å². The molecule has 1 aliphatic heterocycles. The van der Waals surface area contributed by atoms with Crippen LogP contribution in [0.15, 0.2) is 52.5 Å². The molecule has 0 spiro atoms. The van der Waals surface area contributed by atoms with Gasteiger partial charge in [-0.05, 0) is 48.2 Å². The van der Waals surface area contributed by atoms with Crippen LogP contribution in [0.3, 0.4) is 0 Å². The number of nitrogens with zero attached hydrogens (tertiary/aromatic N) is 1. The Morgan fingerprint density at radius 3 is 2.77 bits per heavy atom. The van der Waals surface area contributed by atoms with Crippen molar-refractivity contribution in [2.24, 2.45) is 5.16 Å². The molecule has 1 aromatic carbocycles. The zero-order chi connectivity index (χ0) is 15.4. The highest BCUT2D eigenvalue weighted by Crippen LogP contribution is 2.23. The van der Waals surface area contributed by atoms with Crippen LogP contribution in [0.25, 0.3) is 6.08 Å². The van der Waals surface area contributed by atoms with Gasteiger partial charge < -0.3 is 9.57 Å². The minimum atomic E-state index is -0.422. The molecule has 2 heterocycles. The van der Waals surface area contributed by atoms with E-state index in [9.17, 15) is 4.79 Å². The van der Waals surface area contributed by atoms with Crippen molar-refractivity contribution in [2.45, 2.75) is 13.3 Å². The van der Waals surface area contributed by atoms with E-state index in [1.54, 1.807) is 17.4 Å². The average Bonchev–Trinajstić information content (AvgIpc) is 3.17. The van der Waals surface area contributed by atoms with Gasteiger partial charge in [-0.3, -0.25) is 0 Å². The number of oxime groups is 1. The summed E-state index contributed by atoms with van der Waals surface area (Å²) in [6.07, 6.45) is 2.77. The molecule has 22 heavy (non-hydrogen) atoms. The van der Waals surface area contributed by atoms with E-state index in [2.05, 4.69) is 12.1 Å². The van der Waals surface area contributed by atoms with Crippen LogP contribution in [0.2, 0.25) is 0 Å². The fraction of sp³-hybridized carbons (Fsp3) is 0.176. The maximum absolute atomic E-state index is 11.9. The van der Waals surface area contributed by atoms with Gasteiger partial charge >= 0.3 is 5.97 Å². The molecule has 3 rings (SSSR count). The maximum atomic E-state index is 11.9. The van der Waals surface area contributed by atoms with Gasteiger partial charge in [-0.2, -0.15) is 0 Å². The molecule has 1 aromatic heterocycles. The van der Waals surface area contributed by atoms with Gasteiger partial charge in [0.1, 0.15) is 11.5 Å². The lowest BCUT2D eigenvalue weighted by atomic mass is 10.0. The van der Waals surface area contributed by atoms with Gasteiger partial charge in [-0.25, -0.2) is 4.79 Å². The fourth-order valence-corrected chi connectivity index (χ4v) is 2.72. The Bertz CT molecular complexity index is 715. The number of carbonyl (C=O) groups excluding carboxylic acids is 1. The topological polar surface area (TPSA) is 47.9 Å². The van der Waals surface area contributed by atoms with Gasteiger partial charge in [0.2, 0.25) is 0 Å². The van der Waals surface area contributed by atoms with Crippen molar-refractivity contribution >= 4 is 29.1 Å². The Morgan fingerprint density at radius 1 is 1.27 bits per heavy atom. The zero-order valence-corrected chi connectivity index (χ0v) is 12.9. The van der Waals surface area contributed by atoms with E-state index in [1.165, 1.54) is 0 Å². The second-order valence-electron chi connectivity index (χ2n) is 4.76. The minimum absolute atomic E-state index is 0.422. The summed E-state index contributed by atoms with van der Waals surface area (Å²) >= 11 is 1.56. The molecule has 0 unspecified atom stereocenters. The Hall–Kier alpha value is -2.40. The van der Waals surface area contributed by atoms with Crippen LogP contribution in [0.4, 0.5) is 0 Å². The third-order valence-electron chi connectivity index (χ3n) is 3.13. The summed E-state index contributed by atoms with van der Waals surface area (Å²) in [4.78, 5) is 17.7. The molecular weight excluding hydrogens is 298 g/mol. The van der Waals surface area contributed by atoms with Crippen molar-refractivity contribution in [1.82, 2.24) is 0 Å². The van der Waals surface area contributed by atoms with Gasteiger partial charge in [0.05, 0.1) is 12.2 Å². The average molecular weight is 313 g/mol. The van der Waals surface area contributed by atoms with Crippen LogP contribution in [-0.2, 0) is 9.63 Å². The summed E-state index contributed by atoms with van der Waals surface area (Å²) in [5.41, 5.74) is 1.86. The second kappa shape index (κ2) is 6.58. The third-order valence-corrected chi connectivity index (χ3v) is 3.94. The largest absolute Gasteiger partial charge is 0.494 e. The van der Waals surface area contributed by atoms with E-state index < -0.39 is 5.97 Å². The van der Waals surface area contributed by atoms with E-state index >= 15 is 0 Å². The molecule has 0 N–H and O–H groups in total.